The summed E-state index contributed by atoms with van der Waals surface area (Å²) in [4.78, 5) is 0. The molecule has 0 bridgehead atoms. The van der Waals surface area contributed by atoms with E-state index >= 15 is 0 Å². The molecule has 15 heteroatoms. The van der Waals surface area contributed by atoms with Gasteiger partial charge in [-0.2, -0.15) is 8.42 Å². The van der Waals surface area contributed by atoms with Crippen molar-refractivity contribution in [3.63, 3.8) is 0 Å². The first kappa shape index (κ1) is 36.8. The van der Waals surface area contributed by atoms with Crippen LogP contribution in [-0.4, -0.2) is 41.8 Å². The van der Waals surface area contributed by atoms with Crippen molar-refractivity contribution in [3.05, 3.63) is 11.6 Å². The van der Waals surface area contributed by atoms with Gasteiger partial charge in [0.1, 0.15) is 12.2 Å². The van der Waals surface area contributed by atoms with E-state index in [9.17, 15) is 13.0 Å². The Morgan fingerprint density at radius 3 is 2.14 bits per heavy atom. The monoisotopic (exact) mass is 686 g/mol. The molecule has 0 aliphatic heterocycles. The van der Waals surface area contributed by atoms with E-state index < -0.39 is 34.1 Å². The molecule has 0 amide bonds. The lowest BCUT2D eigenvalue weighted by molar-refractivity contribution is -0.435. The van der Waals surface area contributed by atoms with Gasteiger partial charge in [-0.25, -0.2) is 14.7 Å². The number of fused-ring (bicyclic) bond motifs is 5. The predicted octanol–water partition coefficient (Wildman–Crippen LogP) is 7.81. The SMILES string of the molecule is C/C(=C\CC(C)C1CCC2[C@@H]3CC(OS(=O)(=O)O)C4CC(OSOOO)[C@@H](OSOOO)C[C@]4(C)C3CC[C@]12C)C(C)(C)C. The van der Waals surface area contributed by atoms with Crippen molar-refractivity contribution in [2.75, 3.05) is 0 Å². The van der Waals surface area contributed by atoms with Gasteiger partial charge in [0, 0.05) is 0 Å². The van der Waals surface area contributed by atoms with Gasteiger partial charge in [0.2, 0.25) is 0 Å². The summed E-state index contributed by atoms with van der Waals surface area (Å²) in [7, 11) is -4.73. The van der Waals surface area contributed by atoms with Crippen LogP contribution in [0.2, 0.25) is 0 Å². The Morgan fingerprint density at radius 2 is 1.55 bits per heavy atom. The lowest BCUT2D eigenvalue weighted by Gasteiger charge is -2.63. The Hall–Kier alpha value is -0.0100. The fourth-order valence-corrected chi connectivity index (χ4v) is 10.9. The molecule has 4 saturated carbocycles. The van der Waals surface area contributed by atoms with Crippen molar-refractivity contribution >= 4 is 35.0 Å². The Labute approximate surface area is 270 Å². The summed E-state index contributed by atoms with van der Waals surface area (Å²) < 4.78 is 60.0. The van der Waals surface area contributed by atoms with E-state index in [-0.39, 0.29) is 28.6 Å². The Balaban J connectivity index is 1.62. The third kappa shape index (κ3) is 7.99. The molecule has 0 saturated heterocycles. The van der Waals surface area contributed by atoms with Gasteiger partial charge in [0.15, 0.2) is 24.6 Å². The van der Waals surface area contributed by atoms with Gasteiger partial charge in [-0.05, 0) is 110 Å². The molecule has 4 aliphatic rings. The van der Waals surface area contributed by atoms with E-state index in [1.54, 1.807) is 0 Å². The van der Waals surface area contributed by atoms with Gasteiger partial charge < -0.3 is 0 Å². The van der Waals surface area contributed by atoms with Crippen molar-refractivity contribution in [2.45, 2.75) is 118 Å². The summed E-state index contributed by atoms with van der Waals surface area (Å²) in [6, 6.07) is 0. The second-order valence-electron chi connectivity index (χ2n) is 15.0. The summed E-state index contributed by atoms with van der Waals surface area (Å²) in [5.74, 6) is 1.65. The molecule has 4 aliphatic carbocycles. The Kier molecular flexibility index (Phi) is 12.2. The largest absolute Gasteiger partial charge is 0.397 e. The van der Waals surface area contributed by atoms with Gasteiger partial charge in [-0.1, -0.05) is 63.3 Å². The van der Waals surface area contributed by atoms with E-state index in [1.807, 2.05) is 0 Å². The van der Waals surface area contributed by atoms with Crippen molar-refractivity contribution < 1.29 is 54.8 Å². The second kappa shape index (κ2) is 14.6. The fourth-order valence-electron chi connectivity index (χ4n) is 9.68. The molecule has 0 aromatic carbocycles. The van der Waals surface area contributed by atoms with Crippen LogP contribution < -0.4 is 0 Å². The van der Waals surface area contributed by atoms with Gasteiger partial charge in [-0.15, -0.1) is 8.67 Å². The fraction of sp³-hybridized carbons (Fsp3) is 0.931. The van der Waals surface area contributed by atoms with Gasteiger partial charge in [0.05, 0.1) is 6.10 Å². The summed E-state index contributed by atoms with van der Waals surface area (Å²) in [6.07, 6.45) is 7.02. The number of allylic oxidation sites excluding steroid dienone is 2. The molecule has 256 valence electrons. The van der Waals surface area contributed by atoms with Crippen molar-refractivity contribution in [2.24, 2.45) is 51.8 Å². The molecular weight excluding hydrogens is 637 g/mol. The van der Waals surface area contributed by atoms with Crippen LogP contribution in [0.25, 0.3) is 0 Å². The first-order chi connectivity index (χ1) is 20.5. The molecule has 0 aromatic rings. The van der Waals surface area contributed by atoms with Gasteiger partial charge in [-0.3, -0.25) is 12.9 Å². The van der Waals surface area contributed by atoms with E-state index in [2.05, 4.69) is 73.3 Å². The predicted molar refractivity (Wildman–Crippen MR) is 164 cm³/mol. The first-order valence-corrected chi connectivity index (χ1v) is 18.2. The highest BCUT2D eigenvalue weighted by Gasteiger charge is 2.64. The van der Waals surface area contributed by atoms with E-state index in [0.29, 0.717) is 61.7 Å². The standard InChI is InChI=1S/C29H50O12S3/c1-17(8-9-18(2)27(3,4)5)20-10-11-21-19-14-24(37-44(32,33)34)23-15-25(35-42-40-38-30)26(36-43-41-39-31)16-29(23,7)22(19)12-13-28(20,21)6/h9,17,19-26,30-31H,8,10-16H2,1-7H3,(H,32,33,34)/b18-9+/t17?,19-,20?,21?,22?,23?,24?,25?,26-,28+,29+/m0/s1. The molecule has 3 N–H and O–H groups in total. The zero-order valence-electron chi connectivity index (χ0n) is 26.7. The summed E-state index contributed by atoms with van der Waals surface area (Å²) in [6.45, 7) is 15.9. The second-order valence-corrected chi connectivity index (χ2v) is 17.0. The molecule has 0 radical (unpaired) electrons. The maximum Gasteiger partial charge on any atom is 0.397 e. The third-order valence-electron chi connectivity index (χ3n) is 12.1. The Bertz CT molecular complexity index is 1100. The average Bonchev–Trinajstić information content (AvgIpc) is 3.28. The highest BCUT2D eigenvalue weighted by molar-refractivity contribution is 7.90. The van der Waals surface area contributed by atoms with Crippen LogP contribution in [0, 0.1) is 51.8 Å². The van der Waals surface area contributed by atoms with Crippen LogP contribution in [0.15, 0.2) is 11.6 Å². The molecule has 4 rings (SSSR count). The summed E-state index contributed by atoms with van der Waals surface area (Å²) in [5.41, 5.74) is 1.24. The zero-order valence-corrected chi connectivity index (χ0v) is 29.1. The number of rotatable bonds is 13. The van der Waals surface area contributed by atoms with Crippen LogP contribution in [0.1, 0.15) is 99.8 Å². The molecule has 44 heavy (non-hydrogen) atoms. The van der Waals surface area contributed by atoms with E-state index in [1.165, 1.54) is 5.57 Å². The molecule has 4 fully saturated rings. The minimum absolute atomic E-state index is 0.118. The maximum absolute atomic E-state index is 12.1. The smallest absolute Gasteiger partial charge is 0.283 e. The van der Waals surface area contributed by atoms with E-state index in [4.69, 9.17) is 23.1 Å². The minimum atomic E-state index is -4.73. The molecule has 0 spiro atoms. The van der Waals surface area contributed by atoms with E-state index in [0.717, 1.165) is 32.1 Å². The normalized spacial score (nSPS) is 40.3. The molecule has 7 unspecified atom stereocenters. The zero-order chi connectivity index (χ0) is 32.5. The van der Waals surface area contributed by atoms with Crippen LogP contribution in [0.5, 0.6) is 0 Å². The van der Waals surface area contributed by atoms with Gasteiger partial charge >= 0.3 is 10.4 Å². The van der Waals surface area contributed by atoms with Crippen LogP contribution >= 0.6 is 24.6 Å². The molecule has 11 atom stereocenters. The highest BCUT2D eigenvalue weighted by Crippen LogP contribution is 2.69. The summed E-state index contributed by atoms with van der Waals surface area (Å²) in [5, 5.41) is 24.5. The highest BCUT2D eigenvalue weighted by atomic mass is 32.3. The van der Waals surface area contributed by atoms with Crippen LogP contribution in [-0.2, 0) is 41.7 Å². The van der Waals surface area contributed by atoms with Gasteiger partial charge in [0.25, 0.3) is 0 Å². The Morgan fingerprint density at radius 1 is 0.932 bits per heavy atom. The molecule has 12 nitrogen and oxygen atoms in total. The lowest BCUT2D eigenvalue weighted by Crippen LogP contribution is -2.61. The quantitative estimate of drug-likeness (QED) is 0.0430. The van der Waals surface area contributed by atoms with Crippen LogP contribution in [0.4, 0.5) is 0 Å². The van der Waals surface area contributed by atoms with Crippen molar-refractivity contribution in [3.8, 4) is 0 Å². The van der Waals surface area contributed by atoms with Crippen molar-refractivity contribution in [1.82, 2.24) is 0 Å². The third-order valence-corrected chi connectivity index (χ3v) is 13.4. The molecule has 0 aromatic heterocycles. The molecular formula is C29H50O12S3. The summed E-state index contributed by atoms with van der Waals surface area (Å²) >= 11 is 0.857. The van der Waals surface area contributed by atoms with Crippen LogP contribution in [0.3, 0.4) is 0 Å². The lowest BCUT2D eigenvalue weighted by atomic mass is 9.43. The minimum Gasteiger partial charge on any atom is -0.283 e. The van der Waals surface area contributed by atoms with Crippen molar-refractivity contribution in [1.29, 1.82) is 0 Å². The number of hydrogen-bond acceptors (Lipinski definition) is 13. The first-order valence-electron chi connectivity index (χ1n) is 15.5. The maximum atomic E-state index is 12.1. The topological polar surface area (TPSA) is 159 Å². The average molecular weight is 687 g/mol. The molecule has 0 heterocycles. The number of hydrogen-bond donors (Lipinski definition) is 3.